The Morgan fingerprint density at radius 1 is 1.29 bits per heavy atom. The van der Waals surface area contributed by atoms with Gasteiger partial charge in [0.2, 0.25) is 5.91 Å². The molecule has 0 aromatic heterocycles. The van der Waals surface area contributed by atoms with Crippen LogP contribution in [0.25, 0.3) is 0 Å². The van der Waals surface area contributed by atoms with Crippen LogP contribution in [0.1, 0.15) is 34.1 Å². The summed E-state index contributed by atoms with van der Waals surface area (Å²) in [7, 11) is 0. The molecule has 21 heavy (non-hydrogen) atoms. The molecule has 1 atom stereocenters. The summed E-state index contributed by atoms with van der Waals surface area (Å²) in [5.74, 6) is -1.01. The van der Waals surface area contributed by atoms with Crippen LogP contribution in [0, 0.1) is 10.8 Å². The molecular weight excluding hydrogens is 274 g/mol. The van der Waals surface area contributed by atoms with Gasteiger partial charge in [0, 0.05) is 26.2 Å². The molecule has 120 valence electrons. The number of urea groups is 1. The predicted octanol–water partition coefficient (Wildman–Crippen LogP) is 0.655. The quantitative estimate of drug-likeness (QED) is 0.694. The van der Waals surface area contributed by atoms with Crippen molar-refractivity contribution in [1.29, 1.82) is 0 Å². The summed E-state index contributed by atoms with van der Waals surface area (Å²) in [6.07, 6.45) is 0.440. The summed E-state index contributed by atoms with van der Waals surface area (Å²) in [6, 6.07) is -0.322. The number of amides is 3. The fraction of sp³-hybridized carbons (Fsp3) is 0.786. The second-order valence-electron chi connectivity index (χ2n) is 6.44. The Bertz CT molecular complexity index is 436. The summed E-state index contributed by atoms with van der Waals surface area (Å²) in [6.45, 7) is 8.33. The van der Waals surface area contributed by atoms with Crippen molar-refractivity contribution in [2.75, 3.05) is 26.2 Å². The Hall–Kier alpha value is -1.79. The largest absolute Gasteiger partial charge is 0.481 e. The smallest absolute Gasteiger partial charge is 0.317 e. The Morgan fingerprint density at radius 2 is 1.90 bits per heavy atom. The molecule has 0 spiro atoms. The molecule has 1 saturated heterocycles. The molecular formula is C14H25N3O4. The molecule has 0 radical (unpaired) electrons. The minimum absolute atomic E-state index is 0.123. The molecule has 7 heteroatoms. The van der Waals surface area contributed by atoms with Crippen LogP contribution >= 0.6 is 0 Å². The number of nitrogens with zero attached hydrogens (tertiary/aromatic N) is 1. The summed E-state index contributed by atoms with van der Waals surface area (Å²) >= 11 is 0. The first-order chi connectivity index (χ1) is 9.62. The first-order valence-electron chi connectivity index (χ1n) is 7.17. The molecule has 1 fully saturated rings. The van der Waals surface area contributed by atoms with Crippen molar-refractivity contribution in [3.05, 3.63) is 0 Å². The summed E-state index contributed by atoms with van der Waals surface area (Å²) in [5.41, 5.74) is -1.59. The highest BCUT2D eigenvalue weighted by molar-refractivity contribution is 5.83. The molecule has 3 N–H and O–H groups in total. The lowest BCUT2D eigenvalue weighted by Gasteiger charge is -2.26. The molecule has 1 heterocycles. The van der Waals surface area contributed by atoms with Gasteiger partial charge in [-0.15, -0.1) is 0 Å². The van der Waals surface area contributed by atoms with E-state index in [2.05, 4.69) is 10.6 Å². The van der Waals surface area contributed by atoms with E-state index in [0.717, 1.165) is 0 Å². The summed E-state index contributed by atoms with van der Waals surface area (Å²) < 4.78 is 0. The van der Waals surface area contributed by atoms with Gasteiger partial charge in [0.15, 0.2) is 0 Å². The molecule has 3 amide bonds. The van der Waals surface area contributed by atoms with Crippen LogP contribution in [0.2, 0.25) is 0 Å². The van der Waals surface area contributed by atoms with Crippen LogP contribution in [-0.2, 0) is 9.59 Å². The zero-order chi connectivity index (χ0) is 16.3. The third-order valence-electron chi connectivity index (χ3n) is 3.91. The number of rotatable bonds is 5. The van der Waals surface area contributed by atoms with Gasteiger partial charge in [0.05, 0.1) is 10.8 Å². The van der Waals surface area contributed by atoms with Gasteiger partial charge >= 0.3 is 12.0 Å². The predicted molar refractivity (Wildman–Crippen MR) is 77.8 cm³/mol. The van der Waals surface area contributed by atoms with Crippen LogP contribution in [0.3, 0.4) is 0 Å². The third kappa shape index (κ3) is 4.09. The number of carboxylic acids is 1. The average molecular weight is 299 g/mol. The highest BCUT2D eigenvalue weighted by atomic mass is 16.4. The van der Waals surface area contributed by atoms with Crippen molar-refractivity contribution in [3.63, 3.8) is 0 Å². The maximum absolute atomic E-state index is 12.1. The van der Waals surface area contributed by atoms with Crippen molar-refractivity contribution >= 4 is 17.9 Å². The van der Waals surface area contributed by atoms with Gasteiger partial charge in [-0.25, -0.2) is 4.79 Å². The number of hydrogen-bond donors (Lipinski definition) is 3. The van der Waals surface area contributed by atoms with E-state index in [1.54, 1.807) is 20.8 Å². The molecule has 1 aliphatic heterocycles. The lowest BCUT2D eigenvalue weighted by atomic mass is 9.90. The van der Waals surface area contributed by atoms with E-state index >= 15 is 0 Å². The minimum atomic E-state index is -0.888. The number of likely N-dealkylation sites (tertiary alicyclic amines) is 1. The fourth-order valence-electron chi connectivity index (χ4n) is 2.20. The maximum Gasteiger partial charge on any atom is 0.317 e. The van der Waals surface area contributed by atoms with E-state index < -0.39 is 16.8 Å². The van der Waals surface area contributed by atoms with Gasteiger partial charge in [0.25, 0.3) is 0 Å². The number of aliphatic carboxylic acids is 1. The van der Waals surface area contributed by atoms with E-state index in [4.69, 9.17) is 5.11 Å². The molecule has 1 rings (SSSR count). The SMILES string of the molecule is CCNC(=O)C(C)(C)CNC(=O)N1CCC(C)(C(=O)O)C1. The molecule has 0 aliphatic carbocycles. The van der Waals surface area contributed by atoms with Gasteiger partial charge in [-0.2, -0.15) is 0 Å². The summed E-state index contributed by atoms with van der Waals surface area (Å²) in [4.78, 5) is 36.6. The first kappa shape index (κ1) is 17.3. The van der Waals surface area contributed by atoms with Gasteiger partial charge in [0.1, 0.15) is 0 Å². The Balaban J connectivity index is 2.52. The van der Waals surface area contributed by atoms with Crippen LogP contribution in [0.5, 0.6) is 0 Å². The van der Waals surface area contributed by atoms with Crippen molar-refractivity contribution in [2.45, 2.75) is 34.1 Å². The number of hydrogen-bond acceptors (Lipinski definition) is 3. The van der Waals surface area contributed by atoms with E-state index in [0.29, 0.717) is 19.5 Å². The van der Waals surface area contributed by atoms with Gasteiger partial charge in [-0.3, -0.25) is 9.59 Å². The maximum atomic E-state index is 12.1. The topological polar surface area (TPSA) is 98.7 Å². The van der Waals surface area contributed by atoms with Gasteiger partial charge in [-0.1, -0.05) is 0 Å². The Morgan fingerprint density at radius 3 is 2.38 bits per heavy atom. The van der Waals surface area contributed by atoms with E-state index in [1.807, 2.05) is 6.92 Å². The summed E-state index contributed by atoms with van der Waals surface area (Å²) in [5, 5.41) is 14.6. The van der Waals surface area contributed by atoms with Crippen LogP contribution in [0.4, 0.5) is 4.79 Å². The zero-order valence-electron chi connectivity index (χ0n) is 13.2. The van der Waals surface area contributed by atoms with Crippen molar-refractivity contribution in [1.82, 2.24) is 15.5 Å². The number of carbonyl (C=O) groups is 3. The highest BCUT2D eigenvalue weighted by Gasteiger charge is 2.42. The van der Waals surface area contributed by atoms with E-state index in [9.17, 15) is 14.4 Å². The fourth-order valence-corrected chi connectivity index (χ4v) is 2.20. The van der Waals surface area contributed by atoms with Crippen molar-refractivity contribution < 1.29 is 19.5 Å². The minimum Gasteiger partial charge on any atom is -0.481 e. The number of carbonyl (C=O) groups excluding carboxylic acids is 2. The number of carboxylic acid groups (broad SMARTS) is 1. The Labute approximate surface area is 125 Å². The third-order valence-corrected chi connectivity index (χ3v) is 3.91. The van der Waals surface area contributed by atoms with Crippen molar-refractivity contribution in [2.24, 2.45) is 10.8 Å². The Kier molecular flexibility index (Phi) is 5.20. The highest BCUT2D eigenvalue weighted by Crippen LogP contribution is 2.30. The molecule has 7 nitrogen and oxygen atoms in total. The molecule has 0 aromatic carbocycles. The lowest BCUT2D eigenvalue weighted by Crippen LogP contribution is -2.48. The standard InChI is InChI=1S/C14H25N3O4/c1-5-15-10(18)13(2,3)8-16-12(21)17-7-6-14(4,9-17)11(19)20/h5-9H2,1-4H3,(H,15,18)(H,16,21)(H,19,20). The normalized spacial score (nSPS) is 22.0. The molecule has 1 unspecified atom stereocenters. The second kappa shape index (κ2) is 6.32. The number of nitrogens with one attached hydrogen (secondary N) is 2. The van der Waals surface area contributed by atoms with Crippen LogP contribution < -0.4 is 10.6 Å². The van der Waals surface area contributed by atoms with E-state index in [-0.39, 0.29) is 25.0 Å². The van der Waals surface area contributed by atoms with Crippen molar-refractivity contribution in [3.8, 4) is 0 Å². The lowest BCUT2D eigenvalue weighted by molar-refractivity contribution is -0.147. The molecule has 1 aliphatic rings. The monoisotopic (exact) mass is 299 g/mol. The average Bonchev–Trinajstić information content (AvgIpc) is 2.80. The van der Waals surface area contributed by atoms with E-state index in [1.165, 1.54) is 4.90 Å². The second-order valence-corrected chi connectivity index (χ2v) is 6.44. The first-order valence-corrected chi connectivity index (χ1v) is 7.17. The molecule has 0 bridgehead atoms. The van der Waals surface area contributed by atoms with Gasteiger partial charge < -0.3 is 20.6 Å². The van der Waals surface area contributed by atoms with Gasteiger partial charge in [-0.05, 0) is 34.1 Å². The molecule has 0 aromatic rings. The van der Waals surface area contributed by atoms with Crippen LogP contribution in [-0.4, -0.2) is 54.1 Å². The zero-order valence-corrected chi connectivity index (χ0v) is 13.2. The van der Waals surface area contributed by atoms with Crippen LogP contribution in [0.15, 0.2) is 0 Å². The molecule has 0 saturated carbocycles.